The molecule has 0 unspecified atom stereocenters. The first kappa shape index (κ1) is 52.0. The zero-order chi connectivity index (χ0) is 43.4. The monoisotopic (exact) mass is 845 g/mol. The second-order valence-corrected chi connectivity index (χ2v) is 15.3. The predicted octanol–water partition coefficient (Wildman–Crippen LogP) is 5.35. The first-order chi connectivity index (χ1) is 27.3. The van der Waals surface area contributed by atoms with E-state index < -0.39 is 23.3 Å². The lowest BCUT2D eigenvalue weighted by Gasteiger charge is -2.30. The fourth-order valence-electron chi connectivity index (χ4n) is 6.25. The third-order valence-electron chi connectivity index (χ3n) is 8.69. The Morgan fingerprint density at radius 1 is 0.717 bits per heavy atom. The van der Waals surface area contributed by atoms with Crippen LogP contribution in [0.25, 0.3) is 0 Å². The predicted molar refractivity (Wildman–Crippen MR) is 214 cm³/mol. The van der Waals surface area contributed by atoms with Crippen LogP contribution in [0.3, 0.4) is 0 Å². The zero-order valence-electron chi connectivity index (χ0n) is 35.4. The van der Waals surface area contributed by atoms with Gasteiger partial charge >= 0.3 is 24.3 Å². The van der Waals surface area contributed by atoms with Crippen LogP contribution < -0.4 is 6.15 Å². The van der Waals surface area contributed by atoms with Gasteiger partial charge in [-0.3, -0.25) is 9.36 Å². The molecule has 2 aliphatic heterocycles. The maximum absolute atomic E-state index is 13.2. The number of rotatable bonds is 6. The lowest BCUT2D eigenvalue weighted by Crippen LogP contribution is -2.40. The molecule has 17 nitrogen and oxygen atoms in total. The average molecular weight is 846 g/mol. The molecule has 2 aromatic carbocycles. The Kier molecular flexibility index (Phi) is 19.9. The van der Waals surface area contributed by atoms with Gasteiger partial charge in [0.15, 0.2) is 5.69 Å². The molecule has 2 aromatic heterocycles. The molecule has 0 atom stereocenters. The highest BCUT2D eigenvalue weighted by molar-refractivity contribution is 5.87. The summed E-state index contributed by atoms with van der Waals surface area (Å²) in [5.41, 5.74) is 5.28. The van der Waals surface area contributed by atoms with Crippen molar-refractivity contribution in [2.24, 2.45) is 0 Å². The Morgan fingerprint density at radius 2 is 1.08 bits per heavy atom. The molecule has 19 heteroatoms. The quantitative estimate of drug-likeness (QED) is 0.222. The maximum atomic E-state index is 13.2. The molecule has 0 spiro atoms. The van der Waals surface area contributed by atoms with Crippen LogP contribution in [0.5, 0.6) is 0 Å². The first-order valence-corrected chi connectivity index (χ1v) is 18.6. The number of aromatic nitrogens is 4. The SMILES string of the molecule is CC(C)(C)OC(=O)N1CCc2c(C(=O)O)nn(Cc3ccc(F)cc3)c2C1.CCc1nn(Cc2ccc(F)cc2)c2c1CCN(C(=O)OC(C)(C)C)C2.CO.N.O.O=C=O. The summed E-state index contributed by atoms with van der Waals surface area (Å²) in [6, 6.07) is 12.4. The number of carbonyl (C=O) groups excluding carboxylic acids is 4. The van der Waals surface area contributed by atoms with Crippen molar-refractivity contribution in [1.82, 2.24) is 35.5 Å². The third-order valence-corrected chi connectivity index (χ3v) is 8.69. The Bertz CT molecular complexity index is 2050. The van der Waals surface area contributed by atoms with Crippen molar-refractivity contribution in [2.75, 3.05) is 20.2 Å². The number of fused-ring (bicyclic) bond motifs is 2. The van der Waals surface area contributed by atoms with Crippen molar-refractivity contribution in [2.45, 2.75) is 105 Å². The summed E-state index contributed by atoms with van der Waals surface area (Å²) >= 11 is 0. The Hall–Kier alpha value is -6.01. The van der Waals surface area contributed by atoms with E-state index in [0.717, 1.165) is 42.5 Å². The number of carboxylic acids is 1. The maximum Gasteiger partial charge on any atom is 0.410 e. The molecule has 0 aliphatic carbocycles. The molecule has 6 rings (SSSR count). The van der Waals surface area contributed by atoms with Crippen LogP contribution in [0.1, 0.15) is 98.3 Å². The highest BCUT2D eigenvalue weighted by atomic mass is 19.1. The molecule has 2 amide bonds. The van der Waals surface area contributed by atoms with E-state index in [4.69, 9.17) is 29.3 Å². The van der Waals surface area contributed by atoms with Gasteiger partial charge in [-0.05, 0) is 96.2 Å². The highest BCUT2D eigenvalue weighted by Crippen LogP contribution is 2.27. The number of halogens is 2. The number of carboxylic acid groups (broad SMARTS) is 1. The summed E-state index contributed by atoms with van der Waals surface area (Å²) in [7, 11) is 1.00. The minimum absolute atomic E-state index is 0. The number of ether oxygens (including phenoxy) is 2. The van der Waals surface area contributed by atoms with Crippen LogP contribution in [0.2, 0.25) is 0 Å². The van der Waals surface area contributed by atoms with Crippen LogP contribution in [0, 0.1) is 11.6 Å². The molecular formula is C41H57F2N7O10. The summed E-state index contributed by atoms with van der Waals surface area (Å²) in [6.45, 7) is 15.6. The average Bonchev–Trinajstić information content (AvgIpc) is 3.70. The van der Waals surface area contributed by atoms with Crippen LogP contribution in [0.4, 0.5) is 18.4 Å². The molecule has 330 valence electrons. The van der Waals surface area contributed by atoms with Crippen molar-refractivity contribution < 1.29 is 57.9 Å². The Balaban J connectivity index is 0.000000526. The van der Waals surface area contributed by atoms with Gasteiger partial charge in [-0.2, -0.15) is 19.8 Å². The van der Waals surface area contributed by atoms with Gasteiger partial charge in [0.25, 0.3) is 0 Å². The fourth-order valence-corrected chi connectivity index (χ4v) is 6.25. The fraction of sp³-hybridized carbons (Fsp3) is 0.463. The highest BCUT2D eigenvalue weighted by Gasteiger charge is 2.32. The minimum atomic E-state index is -1.10. The van der Waals surface area contributed by atoms with Crippen molar-refractivity contribution in [1.29, 1.82) is 0 Å². The largest absolute Gasteiger partial charge is 0.476 e. The van der Waals surface area contributed by atoms with Crippen LogP contribution in [-0.2, 0) is 64.5 Å². The van der Waals surface area contributed by atoms with Crippen molar-refractivity contribution in [3.8, 4) is 0 Å². The molecular weight excluding hydrogens is 788 g/mol. The van der Waals surface area contributed by atoms with Crippen molar-refractivity contribution in [3.05, 3.63) is 105 Å². The smallest absolute Gasteiger partial charge is 0.410 e. The Labute approximate surface area is 347 Å². The lowest BCUT2D eigenvalue weighted by atomic mass is 10.0. The molecule has 0 radical (unpaired) electrons. The molecule has 0 saturated heterocycles. The van der Waals surface area contributed by atoms with E-state index in [2.05, 4.69) is 12.0 Å². The van der Waals surface area contributed by atoms with E-state index in [1.807, 2.05) is 25.5 Å². The summed E-state index contributed by atoms with van der Waals surface area (Å²) in [5.74, 6) is -1.69. The molecule has 60 heavy (non-hydrogen) atoms. The van der Waals surface area contributed by atoms with E-state index in [1.54, 1.807) is 59.5 Å². The summed E-state index contributed by atoms with van der Waals surface area (Å²) in [5, 5.41) is 25.4. The molecule has 0 saturated carbocycles. The normalized spacial score (nSPS) is 12.7. The molecule has 4 aromatic rings. The molecule has 4 heterocycles. The van der Waals surface area contributed by atoms with Crippen molar-refractivity contribution in [3.63, 3.8) is 0 Å². The molecule has 0 fully saturated rings. The van der Waals surface area contributed by atoms with E-state index in [1.165, 1.54) is 29.8 Å². The van der Waals surface area contributed by atoms with E-state index in [-0.39, 0.29) is 54.3 Å². The van der Waals surface area contributed by atoms with Gasteiger partial charge in [-0.1, -0.05) is 31.2 Å². The van der Waals surface area contributed by atoms with Crippen LogP contribution in [0.15, 0.2) is 48.5 Å². The number of carbonyl (C=O) groups is 3. The van der Waals surface area contributed by atoms with Gasteiger partial charge < -0.3 is 41.1 Å². The Morgan fingerprint density at radius 3 is 1.45 bits per heavy atom. The lowest BCUT2D eigenvalue weighted by molar-refractivity contribution is -0.191. The number of aryl methyl sites for hydroxylation is 1. The molecule has 7 N–H and O–H groups in total. The van der Waals surface area contributed by atoms with Gasteiger partial charge in [0.1, 0.15) is 22.8 Å². The van der Waals surface area contributed by atoms with Gasteiger partial charge in [-0.25, -0.2) is 23.2 Å². The summed E-state index contributed by atoms with van der Waals surface area (Å²) in [6.07, 6.45) is 1.53. The number of aliphatic hydroxyl groups excluding tert-OH is 1. The van der Waals surface area contributed by atoms with Crippen LogP contribution in [-0.4, -0.2) is 101 Å². The topological polar surface area (TPSA) is 253 Å². The van der Waals surface area contributed by atoms with E-state index in [9.17, 15) is 28.3 Å². The van der Waals surface area contributed by atoms with Crippen LogP contribution >= 0.6 is 0 Å². The van der Waals surface area contributed by atoms with Gasteiger partial charge in [0, 0.05) is 31.3 Å². The molecule has 0 bridgehead atoms. The first-order valence-electron chi connectivity index (χ1n) is 18.6. The van der Waals surface area contributed by atoms with E-state index >= 15 is 0 Å². The number of nitrogens with zero attached hydrogens (tertiary/aromatic N) is 6. The molecule has 2 aliphatic rings. The second kappa shape index (κ2) is 23.0. The van der Waals surface area contributed by atoms with Crippen molar-refractivity contribution >= 4 is 24.3 Å². The standard InChI is InChI=1S/C20H26FN3O2.C19H22FN3O4.CO2.CH4O.H3N.H2O/c1-5-17-16-10-11-23(19(25)26-20(2,3)4)13-18(16)24(22-17)12-14-6-8-15(21)9-7-14;1-19(2,3)27-18(26)22-9-8-14-15(11-22)23(21-16(14)17(24)25)10-12-4-6-13(20)7-5-12;2-1-3;1-2;;/h6-9H,5,10-13H2,1-4H3;4-7H,8-11H2,1-3H3,(H,24,25);;2H,1H3;1H3;1H2. The number of hydrogen-bond donors (Lipinski definition) is 3. The van der Waals surface area contributed by atoms with Gasteiger partial charge in [0.2, 0.25) is 0 Å². The number of benzene rings is 2. The summed E-state index contributed by atoms with van der Waals surface area (Å²) < 4.78 is 40.7. The zero-order valence-corrected chi connectivity index (χ0v) is 35.4. The second-order valence-electron chi connectivity index (χ2n) is 15.3. The number of hydrogen-bond acceptors (Lipinski definition) is 11. The van der Waals surface area contributed by atoms with Gasteiger partial charge in [0.05, 0.1) is 43.3 Å². The van der Waals surface area contributed by atoms with Gasteiger partial charge in [-0.15, -0.1) is 0 Å². The summed E-state index contributed by atoms with van der Waals surface area (Å²) in [4.78, 5) is 55.9. The number of aromatic carboxylic acids is 1. The number of aliphatic hydroxyl groups is 1. The van der Waals surface area contributed by atoms with E-state index in [0.29, 0.717) is 43.9 Å². The number of amides is 2. The third kappa shape index (κ3) is 14.7. The minimum Gasteiger partial charge on any atom is -0.476 e.